The Balaban J connectivity index is 2.17. The van der Waals surface area contributed by atoms with Crippen LogP contribution in [0.1, 0.15) is 30.0 Å². The van der Waals surface area contributed by atoms with Gasteiger partial charge in [0.05, 0.1) is 11.8 Å². The van der Waals surface area contributed by atoms with Gasteiger partial charge < -0.3 is 4.74 Å². The van der Waals surface area contributed by atoms with Crippen molar-refractivity contribution in [2.24, 2.45) is 0 Å². The fourth-order valence-electron chi connectivity index (χ4n) is 2.32. The van der Waals surface area contributed by atoms with E-state index in [0.717, 1.165) is 10.5 Å². The third kappa shape index (κ3) is 3.72. The number of hydrogen-bond acceptors (Lipinski definition) is 4. The van der Waals surface area contributed by atoms with E-state index in [2.05, 4.69) is 26.0 Å². The second-order valence-corrected chi connectivity index (χ2v) is 6.70. The number of hydrogen-bond donors (Lipinski definition) is 0. The minimum absolute atomic E-state index is 0.0894. The monoisotopic (exact) mass is 427 g/mol. The largest absolute Gasteiger partial charge is 0.458 e. The lowest BCUT2D eigenvalue weighted by atomic mass is 10.1. The third-order valence-electron chi connectivity index (χ3n) is 3.41. The van der Waals surface area contributed by atoms with Gasteiger partial charge in [-0.05, 0) is 32.0 Å². The van der Waals surface area contributed by atoms with Gasteiger partial charge in [0.25, 0.3) is 0 Å². The van der Waals surface area contributed by atoms with Crippen LogP contribution in [0.2, 0.25) is 0 Å². The van der Waals surface area contributed by atoms with Crippen molar-refractivity contribution in [1.82, 2.24) is 14.6 Å². The van der Waals surface area contributed by atoms with E-state index in [1.807, 2.05) is 0 Å². The summed E-state index contributed by atoms with van der Waals surface area (Å²) in [5.41, 5.74) is -0.711. The number of halogens is 4. The van der Waals surface area contributed by atoms with Crippen molar-refractivity contribution < 1.29 is 22.7 Å². The van der Waals surface area contributed by atoms with Crippen molar-refractivity contribution in [1.29, 1.82) is 0 Å². The van der Waals surface area contributed by atoms with Crippen molar-refractivity contribution >= 4 is 27.5 Å². The Morgan fingerprint density at radius 1 is 1.19 bits per heavy atom. The van der Waals surface area contributed by atoms with Crippen molar-refractivity contribution in [2.45, 2.75) is 26.1 Å². The summed E-state index contributed by atoms with van der Waals surface area (Å²) in [6.45, 7) is 3.28. The molecule has 0 saturated carbocycles. The maximum Gasteiger partial charge on any atom is 0.433 e. The number of fused-ring (bicyclic) bond motifs is 1. The Morgan fingerprint density at radius 3 is 2.42 bits per heavy atom. The van der Waals surface area contributed by atoms with Crippen LogP contribution in [0, 0.1) is 0 Å². The van der Waals surface area contributed by atoms with E-state index in [9.17, 15) is 18.0 Å². The first-order chi connectivity index (χ1) is 12.1. The van der Waals surface area contributed by atoms with Crippen molar-refractivity contribution in [3.63, 3.8) is 0 Å². The fraction of sp³-hybridized carbons (Fsp3) is 0.235. The van der Waals surface area contributed by atoms with Gasteiger partial charge in [-0.3, -0.25) is 0 Å². The van der Waals surface area contributed by atoms with E-state index in [1.165, 1.54) is 6.07 Å². The maximum absolute atomic E-state index is 13.5. The van der Waals surface area contributed by atoms with Gasteiger partial charge in [0.15, 0.2) is 17.0 Å². The standard InChI is InChI=1S/C17H13BrF3N3O2/c1-9(2)26-16(25)13-8-15-22-12(10-3-5-11(18)6-4-10)7-14(17(19,20)21)24(15)23-13/h3-9H,1-2H3. The lowest BCUT2D eigenvalue weighted by molar-refractivity contribution is -0.142. The van der Waals surface area contributed by atoms with Crippen molar-refractivity contribution in [3.8, 4) is 11.3 Å². The summed E-state index contributed by atoms with van der Waals surface area (Å²) in [6.07, 6.45) is -5.09. The minimum atomic E-state index is -4.67. The number of aromatic nitrogens is 3. The zero-order valence-electron chi connectivity index (χ0n) is 13.7. The summed E-state index contributed by atoms with van der Waals surface area (Å²) in [7, 11) is 0. The highest BCUT2D eigenvalue weighted by Crippen LogP contribution is 2.32. The molecule has 0 N–H and O–H groups in total. The molecule has 1 aromatic carbocycles. The van der Waals surface area contributed by atoms with E-state index in [0.29, 0.717) is 10.1 Å². The van der Waals surface area contributed by atoms with Crippen LogP contribution >= 0.6 is 15.9 Å². The molecular formula is C17H13BrF3N3O2. The Morgan fingerprint density at radius 2 is 1.85 bits per heavy atom. The molecular weight excluding hydrogens is 415 g/mol. The zero-order valence-corrected chi connectivity index (χ0v) is 15.3. The summed E-state index contributed by atoms with van der Waals surface area (Å²) in [5.74, 6) is -0.802. The van der Waals surface area contributed by atoms with Crippen LogP contribution < -0.4 is 0 Å². The topological polar surface area (TPSA) is 56.5 Å². The van der Waals surface area contributed by atoms with E-state index in [1.54, 1.807) is 38.1 Å². The number of carbonyl (C=O) groups excluding carboxylic acids is 1. The molecule has 2 aromatic heterocycles. The molecule has 0 spiro atoms. The lowest BCUT2D eigenvalue weighted by Gasteiger charge is -2.11. The highest BCUT2D eigenvalue weighted by atomic mass is 79.9. The van der Waals surface area contributed by atoms with Crippen molar-refractivity contribution in [2.75, 3.05) is 0 Å². The smallest absolute Gasteiger partial charge is 0.433 e. The fourth-order valence-corrected chi connectivity index (χ4v) is 2.58. The SMILES string of the molecule is CC(C)OC(=O)c1cc2nc(-c3ccc(Br)cc3)cc(C(F)(F)F)n2n1. The third-order valence-corrected chi connectivity index (χ3v) is 3.94. The molecule has 0 aliphatic heterocycles. The number of nitrogens with zero attached hydrogens (tertiary/aromatic N) is 3. The predicted octanol–water partition coefficient (Wildman–Crippen LogP) is 4.74. The molecule has 0 amide bonds. The molecule has 3 rings (SSSR count). The average Bonchev–Trinajstić information content (AvgIpc) is 2.97. The van der Waals surface area contributed by atoms with Crippen LogP contribution in [0.4, 0.5) is 13.2 Å². The first-order valence-corrected chi connectivity index (χ1v) is 8.39. The van der Waals surface area contributed by atoms with Gasteiger partial charge in [0, 0.05) is 16.1 Å². The van der Waals surface area contributed by atoms with Gasteiger partial charge in [-0.15, -0.1) is 0 Å². The molecule has 0 aliphatic rings. The summed E-state index contributed by atoms with van der Waals surface area (Å²) in [4.78, 5) is 16.2. The average molecular weight is 428 g/mol. The number of benzene rings is 1. The quantitative estimate of drug-likeness (QED) is 0.566. The van der Waals surface area contributed by atoms with E-state index < -0.39 is 23.9 Å². The molecule has 3 aromatic rings. The summed E-state index contributed by atoms with van der Waals surface area (Å²) in [5, 5.41) is 3.73. The van der Waals surface area contributed by atoms with Crippen LogP contribution in [-0.4, -0.2) is 26.7 Å². The highest BCUT2D eigenvalue weighted by Gasteiger charge is 2.35. The van der Waals surface area contributed by atoms with Gasteiger partial charge in [0.1, 0.15) is 0 Å². The normalized spacial score (nSPS) is 12.0. The number of rotatable bonds is 3. The summed E-state index contributed by atoms with van der Waals surface area (Å²) < 4.78 is 46.9. The molecule has 26 heavy (non-hydrogen) atoms. The molecule has 0 fully saturated rings. The summed E-state index contributed by atoms with van der Waals surface area (Å²) in [6, 6.07) is 8.79. The van der Waals surface area contributed by atoms with Gasteiger partial charge in [-0.1, -0.05) is 28.1 Å². The molecule has 0 radical (unpaired) electrons. The molecule has 0 bridgehead atoms. The van der Waals surface area contributed by atoms with Crippen LogP contribution in [0.5, 0.6) is 0 Å². The molecule has 0 unspecified atom stereocenters. The number of esters is 1. The zero-order chi connectivity index (χ0) is 19.1. The van der Waals surface area contributed by atoms with E-state index in [4.69, 9.17) is 4.74 Å². The molecule has 0 atom stereocenters. The Bertz CT molecular complexity index is 966. The number of ether oxygens (including phenoxy) is 1. The second kappa shape index (κ2) is 6.71. The molecule has 2 heterocycles. The molecule has 9 heteroatoms. The Labute approximate surface area is 154 Å². The minimum Gasteiger partial charge on any atom is -0.458 e. The first kappa shape index (κ1) is 18.4. The first-order valence-electron chi connectivity index (χ1n) is 7.60. The Kier molecular flexibility index (Phi) is 4.74. The van der Waals surface area contributed by atoms with Gasteiger partial charge in [-0.25, -0.2) is 14.3 Å². The maximum atomic E-state index is 13.5. The molecule has 0 saturated heterocycles. The second-order valence-electron chi connectivity index (χ2n) is 5.78. The van der Waals surface area contributed by atoms with Crippen LogP contribution in [-0.2, 0) is 10.9 Å². The van der Waals surface area contributed by atoms with Gasteiger partial charge >= 0.3 is 12.1 Å². The van der Waals surface area contributed by atoms with E-state index >= 15 is 0 Å². The highest BCUT2D eigenvalue weighted by molar-refractivity contribution is 9.10. The van der Waals surface area contributed by atoms with Gasteiger partial charge in [0.2, 0.25) is 0 Å². The number of carbonyl (C=O) groups is 1. The van der Waals surface area contributed by atoms with E-state index in [-0.39, 0.29) is 17.0 Å². The van der Waals surface area contributed by atoms with Gasteiger partial charge in [-0.2, -0.15) is 18.3 Å². The molecule has 0 aliphatic carbocycles. The lowest BCUT2D eigenvalue weighted by Crippen LogP contribution is -2.15. The van der Waals surface area contributed by atoms with Crippen LogP contribution in [0.3, 0.4) is 0 Å². The molecule has 136 valence electrons. The van der Waals surface area contributed by atoms with Crippen LogP contribution in [0.15, 0.2) is 40.9 Å². The molecule has 5 nitrogen and oxygen atoms in total. The van der Waals surface area contributed by atoms with Crippen molar-refractivity contribution in [3.05, 3.63) is 52.3 Å². The Hall–Kier alpha value is -2.42. The summed E-state index contributed by atoms with van der Waals surface area (Å²) >= 11 is 3.28. The number of alkyl halides is 3. The van der Waals surface area contributed by atoms with Crippen LogP contribution in [0.25, 0.3) is 16.9 Å². The predicted molar refractivity (Wildman–Crippen MR) is 91.7 cm³/mol.